The van der Waals surface area contributed by atoms with Gasteiger partial charge in [0.1, 0.15) is 13.3 Å². The van der Waals surface area contributed by atoms with Gasteiger partial charge in [0.25, 0.3) is 0 Å². The predicted molar refractivity (Wildman–Crippen MR) is 78.1 cm³/mol. The Hall–Kier alpha value is -1.82. The second-order valence-corrected chi connectivity index (χ2v) is 6.65. The zero-order chi connectivity index (χ0) is 20.2. The number of hydrogen-bond donors (Lipinski definition) is 0. The van der Waals surface area contributed by atoms with E-state index in [9.17, 15) is 34.8 Å². The van der Waals surface area contributed by atoms with Gasteiger partial charge in [-0.3, -0.25) is 4.18 Å². The number of rotatable bonds is 8. The van der Waals surface area contributed by atoms with Crippen molar-refractivity contribution in [3.05, 3.63) is 29.1 Å². The molecule has 26 heavy (non-hydrogen) atoms. The molecule has 1 rings (SSSR count). The van der Waals surface area contributed by atoms with E-state index in [0.29, 0.717) is 6.21 Å². The fraction of sp³-hybridized carbons (Fsp3) is 0.500. The summed E-state index contributed by atoms with van der Waals surface area (Å²) in [6.07, 6.45) is -2.81. The molecule has 0 bridgehead atoms. The monoisotopic (exact) mass is 407 g/mol. The third-order valence-corrected chi connectivity index (χ3v) is 4.83. The lowest BCUT2D eigenvalue weighted by Crippen LogP contribution is -2.32. The summed E-state index contributed by atoms with van der Waals surface area (Å²) in [6.45, 7) is 2.57. The summed E-state index contributed by atoms with van der Waals surface area (Å²) >= 11 is 0. The summed E-state index contributed by atoms with van der Waals surface area (Å²) in [4.78, 5) is 2.13. The molecule has 0 heterocycles. The van der Waals surface area contributed by atoms with Crippen LogP contribution in [0.2, 0.25) is 0 Å². The Morgan fingerprint density at radius 2 is 1.50 bits per heavy atom. The van der Waals surface area contributed by atoms with Gasteiger partial charge in [0.15, 0.2) is 28.2 Å². The highest BCUT2D eigenvalue weighted by Crippen LogP contribution is 2.30. The first kappa shape index (κ1) is 22.2. The third-order valence-electron chi connectivity index (χ3n) is 3.47. The van der Waals surface area contributed by atoms with Gasteiger partial charge in [0, 0.05) is 5.92 Å². The molecule has 1 aromatic rings. The highest BCUT2D eigenvalue weighted by atomic mass is 32.2. The maximum atomic E-state index is 13.9. The van der Waals surface area contributed by atoms with Crippen molar-refractivity contribution in [2.45, 2.75) is 37.4 Å². The van der Waals surface area contributed by atoms with Gasteiger partial charge >= 0.3 is 10.1 Å². The number of oxime groups is 1. The molecule has 0 radical (unpaired) electrons. The predicted octanol–water partition coefficient (Wildman–Crippen LogP) is 3.47. The SMILES string of the molecule is CC[C@@H](OS(=O)(=O)c1c(F)c(F)c(F)c(F)c1F)[C@@H](C)[C@H](F)C=NOC. The zero-order valence-corrected chi connectivity index (χ0v) is 14.6. The first-order chi connectivity index (χ1) is 12.0. The molecule has 0 aliphatic carbocycles. The highest BCUT2D eigenvalue weighted by molar-refractivity contribution is 7.86. The van der Waals surface area contributed by atoms with E-state index >= 15 is 0 Å². The van der Waals surface area contributed by atoms with Crippen LogP contribution in [0.3, 0.4) is 0 Å². The van der Waals surface area contributed by atoms with Gasteiger partial charge in [-0.2, -0.15) is 8.42 Å². The largest absolute Gasteiger partial charge is 0.399 e. The fourth-order valence-electron chi connectivity index (χ4n) is 2.00. The molecule has 0 aliphatic heterocycles. The minimum atomic E-state index is -5.43. The van der Waals surface area contributed by atoms with Gasteiger partial charge in [0.2, 0.25) is 5.82 Å². The number of hydrogen-bond acceptors (Lipinski definition) is 5. The van der Waals surface area contributed by atoms with Crippen molar-refractivity contribution in [3.63, 3.8) is 0 Å². The minimum absolute atomic E-state index is 0.156. The Balaban J connectivity index is 3.29. The van der Waals surface area contributed by atoms with Crippen molar-refractivity contribution in [2.24, 2.45) is 11.1 Å². The maximum Gasteiger partial charge on any atom is 0.303 e. The molecular formula is C14H15F6NO4S. The van der Waals surface area contributed by atoms with E-state index < -0.39 is 62.3 Å². The van der Waals surface area contributed by atoms with Gasteiger partial charge in [-0.25, -0.2) is 26.3 Å². The lowest BCUT2D eigenvalue weighted by molar-refractivity contribution is 0.109. The first-order valence-electron chi connectivity index (χ1n) is 7.14. The average molecular weight is 407 g/mol. The minimum Gasteiger partial charge on any atom is -0.399 e. The molecule has 148 valence electrons. The van der Waals surface area contributed by atoms with Crippen LogP contribution >= 0.6 is 0 Å². The number of benzene rings is 1. The number of nitrogens with zero attached hydrogens (tertiary/aromatic N) is 1. The summed E-state index contributed by atoms with van der Waals surface area (Å²) in [5.41, 5.74) is 0. The molecule has 0 saturated carbocycles. The Morgan fingerprint density at radius 1 is 1.04 bits per heavy atom. The van der Waals surface area contributed by atoms with E-state index in [-0.39, 0.29) is 6.42 Å². The van der Waals surface area contributed by atoms with Gasteiger partial charge in [-0.1, -0.05) is 19.0 Å². The fourth-order valence-corrected chi connectivity index (χ4v) is 3.35. The molecule has 0 aromatic heterocycles. The molecule has 0 N–H and O–H groups in total. The Morgan fingerprint density at radius 3 is 1.92 bits per heavy atom. The summed E-state index contributed by atoms with van der Waals surface area (Å²) in [6, 6.07) is 0. The van der Waals surface area contributed by atoms with Gasteiger partial charge < -0.3 is 4.84 Å². The second kappa shape index (κ2) is 8.71. The summed E-state index contributed by atoms with van der Waals surface area (Å²) in [5, 5.41) is 3.16. The molecule has 0 spiro atoms. The van der Waals surface area contributed by atoms with E-state index in [1.807, 2.05) is 0 Å². The van der Waals surface area contributed by atoms with Crippen LogP contribution in [0.1, 0.15) is 20.3 Å². The van der Waals surface area contributed by atoms with Gasteiger partial charge in [-0.05, 0) is 6.42 Å². The van der Waals surface area contributed by atoms with Crippen LogP contribution in [0, 0.1) is 35.0 Å². The number of halogens is 6. The lowest BCUT2D eigenvalue weighted by Gasteiger charge is -2.23. The molecule has 12 heteroatoms. The van der Waals surface area contributed by atoms with Crippen LogP contribution in [-0.4, -0.2) is 34.0 Å². The van der Waals surface area contributed by atoms with E-state index in [2.05, 4.69) is 14.2 Å². The van der Waals surface area contributed by atoms with E-state index in [0.717, 1.165) is 7.11 Å². The smallest absolute Gasteiger partial charge is 0.303 e. The van der Waals surface area contributed by atoms with Crippen LogP contribution < -0.4 is 0 Å². The van der Waals surface area contributed by atoms with E-state index in [1.165, 1.54) is 13.8 Å². The zero-order valence-electron chi connectivity index (χ0n) is 13.8. The van der Waals surface area contributed by atoms with E-state index in [4.69, 9.17) is 0 Å². The van der Waals surface area contributed by atoms with Crippen molar-refractivity contribution >= 4 is 16.3 Å². The van der Waals surface area contributed by atoms with Gasteiger partial charge in [0.05, 0.1) is 12.3 Å². The van der Waals surface area contributed by atoms with E-state index in [1.54, 1.807) is 0 Å². The molecule has 0 fully saturated rings. The summed E-state index contributed by atoms with van der Waals surface area (Å²) in [5.74, 6) is -13.7. The Labute approximate surface area is 145 Å². The van der Waals surface area contributed by atoms with Crippen molar-refractivity contribution < 1.29 is 43.8 Å². The molecule has 0 unspecified atom stereocenters. The van der Waals surface area contributed by atoms with Crippen molar-refractivity contribution in [3.8, 4) is 0 Å². The normalized spacial score (nSPS) is 15.9. The van der Waals surface area contributed by atoms with Crippen LogP contribution in [0.5, 0.6) is 0 Å². The quantitative estimate of drug-likeness (QED) is 0.165. The van der Waals surface area contributed by atoms with Crippen LogP contribution in [0.4, 0.5) is 26.3 Å². The molecule has 5 nitrogen and oxygen atoms in total. The van der Waals surface area contributed by atoms with Gasteiger partial charge in [-0.15, -0.1) is 0 Å². The van der Waals surface area contributed by atoms with Crippen molar-refractivity contribution in [2.75, 3.05) is 7.11 Å². The highest BCUT2D eigenvalue weighted by Gasteiger charge is 2.37. The Bertz CT molecular complexity index is 757. The molecule has 0 amide bonds. The third kappa shape index (κ3) is 4.47. The summed E-state index contributed by atoms with van der Waals surface area (Å²) < 4.78 is 109. The molecule has 3 atom stereocenters. The standard InChI is InChI=1S/C14H15F6NO4S/c1-4-8(6(2)7(15)5-21-24-3)25-26(22,23)14-12(19)10(17)9(16)11(18)13(14)20/h5-8H,4H2,1-3H3/t6-,7+,8+/m0/s1. The molecule has 0 aliphatic rings. The van der Waals surface area contributed by atoms with Crippen LogP contribution in [0.25, 0.3) is 0 Å². The van der Waals surface area contributed by atoms with Crippen molar-refractivity contribution in [1.82, 2.24) is 0 Å². The van der Waals surface area contributed by atoms with Crippen LogP contribution in [-0.2, 0) is 19.1 Å². The topological polar surface area (TPSA) is 65.0 Å². The first-order valence-corrected chi connectivity index (χ1v) is 8.55. The summed E-state index contributed by atoms with van der Waals surface area (Å²) in [7, 11) is -4.30. The lowest BCUT2D eigenvalue weighted by atomic mass is 9.98. The molecule has 0 saturated heterocycles. The van der Waals surface area contributed by atoms with Crippen molar-refractivity contribution in [1.29, 1.82) is 0 Å². The average Bonchev–Trinajstić information content (AvgIpc) is 2.60. The molecular weight excluding hydrogens is 392 g/mol. The molecule has 1 aromatic carbocycles. The second-order valence-electron chi connectivity index (χ2n) is 5.14. The maximum absolute atomic E-state index is 13.9. The van der Waals surface area contributed by atoms with Crippen LogP contribution in [0.15, 0.2) is 10.1 Å². The Kier molecular flexibility index (Phi) is 7.45. The number of alkyl halides is 1.